The summed E-state index contributed by atoms with van der Waals surface area (Å²) in [5.41, 5.74) is 0.764. The molecule has 0 saturated heterocycles. The molecule has 0 saturated carbocycles. The molecular formula is C11H15ClN2O2. The number of hydrogen-bond acceptors (Lipinski definition) is 4. The Labute approximate surface area is 100.0 Å². The van der Waals surface area contributed by atoms with Gasteiger partial charge in [-0.15, -0.1) is 0 Å². The van der Waals surface area contributed by atoms with Gasteiger partial charge in [-0.2, -0.15) is 5.10 Å². The average Bonchev–Trinajstić information content (AvgIpc) is 2.21. The Morgan fingerprint density at radius 3 is 2.62 bits per heavy atom. The minimum atomic E-state index is 0.0282. The van der Waals surface area contributed by atoms with Gasteiger partial charge in [-0.25, -0.2) is 0 Å². The van der Waals surface area contributed by atoms with Crippen molar-refractivity contribution in [1.82, 2.24) is 0 Å². The van der Waals surface area contributed by atoms with Crippen LogP contribution in [0.4, 0.5) is 0 Å². The third kappa shape index (κ3) is 3.03. The van der Waals surface area contributed by atoms with Crippen LogP contribution in [-0.2, 0) is 0 Å². The lowest BCUT2D eigenvalue weighted by atomic mass is 10.2. The molecule has 5 heteroatoms. The highest BCUT2D eigenvalue weighted by Crippen LogP contribution is 2.36. The number of halogens is 1. The SMILES string of the molecule is COc1cc(/C=N\N)cc(Cl)c1OC(C)C. The Bertz CT molecular complexity index is 392. The lowest BCUT2D eigenvalue weighted by Crippen LogP contribution is -2.07. The van der Waals surface area contributed by atoms with Crippen LogP contribution < -0.4 is 15.3 Å². The molecule has 0 atom stereocenters. The molecule has 0 fully saturated rings. The zero-order valence-corrected chi connectivity index (χ0v) is 10.3. The number of nitrogens with zero attached hydrogens (tertiary/aromatic N) is 1. The summed E-state index contributed by atoms with van der Waals surface area (Å²) in [7, 11) is 1.56. The van der Waals surface area contributed by atoms with Crippen molar-refractivity contribution in [3.8, 4) is 11.5 Å². The fraction of sp³-hybridized carbons (Fsp3) is 0.364. The predicted octanol–water partition coefficient (Wildman–Crippen LogP) is 2.43. The van der Waals surface area contributed by atoms with E-state index in [0.717, 1.165) is 5.56 Å². The lowest BCUT2D eigenvalue weighted by Gasteiger charge is -2.15. The molecule has 0 spiro atoms. The van der Waals surface area contributed by atoms with Gasteiger partial charge >= 0.3 is 0 Å². The Morgan fingerprint density at radius 2 is 2.12 bits per heavy atom. The van der Waals surface area contributed by atoms with E-state index in [0.29, 0.717) is 16.5 Å². The van der Waals surface area contributed by atoms with Gasteiger partial charge in [0.15, 0.2) is 11.5 Å². The number of nitrogens with two attached hydrogens (primary N) is 1. The Kier molecular flexibility index (Phi) is 4.43. The maximum absolute atomic E-state index is 6.09. The van der Waals surface area contributed by atoms with Gasteiger partial charge in [0.1, 0.15) is 0 Å². The average molecular weight is 243 g/mol. The van der Waals surface area contributed by atoms with Gasteiger partial charge in [-0.05, 0) is 31.5 Å². The maximum Gasteiger partial charge on any atom is 0.180 e. The van der Waals surface area contributed by atoms with Crippen LogP contribution >= 0.6 is 11.6 Å². The summed E-state index contributed by atoms with van der Waals surface area (Å²) < 4.78 is 10.8. The van der Waals surface area contributed by atoms with Crippen LogP contribution in [0.1, 0.15) is 19.4 Å². The van der Waals surface area contributed by atoms with Crippen LogP contribution in [0.3, 0.4) is 0 Å². The van der Waals surface area contributed by atoms with Crippen LogP contribution in [0.15, 0.2) is 17.2 Å². The summed E-state index contributed by atoms with van der Waals surface area (Å²) in [5, 5.41) is 3.91. The van der Waals surface area contributed by atoms with E-state index in [4.69, 9.17) is 26.9 Å². The van der Waals surface area contributed by atoms with Crippen molar-refractivity contribution in [1.29, 1.82) is 0 Å². The van der Waals surface area contributed by atoms with Gasteiger partial charge in [0.25, 0.3) is 0 Å². The highest BCUT2D eigenvalue weighted by atomic mass is 35.5. The highest BCUT2D eigenvalue weighted by molar-refractivity contribution is 6.32. The van der Waals surface area contributed by atoms with E-state index in [1.54, 1.807) is 19.2 Å². The molecular weight excluding hydrogens is 228 g/mol. The molecule has 0 unspecified atom stereocenters. The molecule has 0 aliphatic carbocycles. The molecule has 0 aliphatic rings. The zero-order valence-electron chi connectivity index (χ0n) is 9.53. The van der Waals surface area contributed by atoms with Crippen LogP contribution in [0.5, 0.6) is 11.5 Å². The van der Waals surface area contributed by atoms with Crippen LogP contribution in [0.25, 0.3) is 0 Å². The van der Waals surface area contributed by atoms with E-state index in [-0.39, 0.29) is 6.10 Å². The number of benzene rings is 1. The predicted molar refractivity (Wildman–Crippen MR) is 65.5 cm³/mol. The monoisotopic (exact) mass is 242 g/mol. The summed E-state index contributed by atoms with van der Waals surface area (Å²) in [5.74, 6) is 6.18. The minimum absolute atomic E-state index is 0.0282. The van der Waals surface area contributed by atoms with Crippen LogP contribution in [-0.4, -0.2) is 19.4 Å². The van der Waals surface area contributed by atoms with Gasteiger partial charge < -0.3 is 15.3 Å². The zero-order chi connectivity index (χ0) is 12.1. The summed E-state index contributed by atoms with van der Waals surface area (Å²) in [6.45, 7) is 3.84. The van der Waals surface area contributed by atoms with Gasteiger partial charge in [0.05, 0.1) is 24.5 Å². The molecule has 0 heterocycles. The van der Waals surface area contributed by atoms with E-state index >= 15 is 0 Å². The van der Waals surface area contributed by atoms with Crippen molar-refractivity contribution in [2.75, 3.05) is 7.11 Å². The standard InChI is InChI=1S/C11H15ClN2O2/c1-7(2)16-11-9(12)4-8(6-14-13)5-10(11)15-3/h4-7H,13H2,1-3H3/b14-6-. The normalized spacial score (nSPS) is 11.1. The Hall–Kier alpha value is -1.42. The smallest absolute Gasteiger partial charge is 0.180 e. The molecule has 0 radical (unpaired) electrons. The van der Waals surface area contributed by atoms with Crippen molar-refractivity contribution in [3.63, 3.8) is 0 Å². The molecule has 0 aliphatic heterocycles. The number of hydrogen-bond donors (Lipinski definition) is 1. The molecule has 0 aromatic heterocycles. The van der Waals surface area contributed by atoms with Gasteiger partial charge in [0, 0.05) is 0 Å². The van der Waals surface area contributed by atoms with Crippen LogP contribution in [0.2, 0.25) is 5.02 Å². The molecule has 4 nitrogen and oxygen atoms in total. The second-order valence-electron chi connectivity index (χ2n) is 3.48. The van der Waals surface area contributed by atoms with Gasteiger partial charge in [0.2, 0.25) is 0 Å². The molecule has 1 aromatic rings. The first-order chi connectivity index (χ1) is 7.58. The molecule has 1 rings (SSSR count). The third-order valence-corrected chi connectivity index (χ3v) is 2.11. The third-order valence-electron chi connectivity index (χ3n) is 1.83. The number of rotatable bonds is 4. The van der Waals surface area contributed by atoms with Gasteiger partial charge in [-0.3, -0.25) is 0 Å². The summed E-state index contributed by atoms with van der Waals surface area (Å²) in [4.78, 5) is 0. The molecule has 88 valence electrons. The lowest BCUT2D eigenvalue weighted by molar-refractivity contribution is 0.230. The minimum Gasteiger partial charge on any atom is -0.493 e. The quantitative estimate of drug-likeness (QED) is 0.501. The van der Waals surface area contributed by atoms with E-state index in [2.05, 4.69) is 5.10 Å². The maximum atomic E-state index is 6.09. The van der Waals surface area contributed by atoms with Gasteiger partial charge in [-0.1, -0.05) is 11.6 Å². The van der Waals surface area contributed by atoms with Crippen molar-refractivity contribution in [2.45, 2.75) is 20.0 Å². The van der Waals surface area contributed by atoms with E-state index in [9.17, 15) is 0 Å². The van der Waals surface area contributed by atoms with Crippen molar-refractivity contribution < 1.29 is 9.47 Å². The summed E-state index contributed by atoms with van der Waals surface area (Å²) in [6.07, 6.45) is 1.52. The number of ether oxygens (including phenoxy) is 2. The van der Waals surface area contributed by atoms with Crippen molar-refractivity contribution in [2.24, 2.45) is 10.9 Å². The van der Waals surface area contributed by atoms with Crippen LogP contribution in [0, 0.1) is 0 Å². The molecule has 16 heavy (non-hydrogen) atoms. The fourth-order valence-corrected chi connectivity index (χ4v) is 1.51. The fourth-order valence-electron chi connectivity index (χ4n) is 1.25. The largest absolute Gasteiger partial charge is 0.493 e. The first kappa shape index (κ1) is 12.6. The first-order valence-corrected chi connectivity index (χ1v) is 5.23. The molecule has 0 amide bonds. The molecule has 1 aromatic carbocycles. The number of methoxy groups -OCH3 is 1. The van der Waals surface area contributed by atoms with Crippen molar-refractivity contribution >= 4 is 17.8 Å². The second-order valence-corrected chi connectivity index (χ2v) is 3.89. The van der Waals surface area contributed by atoms with Crippen molar-refractivity contribution in [3.05, 3.63) is 22.7 Å². The molecule has 0 bridgehead atoms. The summed E-state index contributed by atoms with van der Waals surface area (Å²) in [6, 6.07) is 3.48. The molecule has 2 N–H and O–H groups in total. The van der Waals surface area contributed by atoms with E-state index in [1.165, 1.54) is 6.21 Å². The Balaban J connectivity index is 3.17. The topological polar surface area (TPSA) is 56.8 Å². The number of hydrazone groups is 1. The highest BCUT2D eigenvalue weighted by Gasteiger charge is 2.12. The summed E-state index contributed by atoms with van der Waals surface area (Å²) >= 11 is 6.09. The second kappa shape index (κ2) is 5.61. The first-order valence-electron chi connectivity index (χ1n) is 4.86. The van der Waals surface area contributed by atoms with E-state index < -0.39 is 0 Å². The van der Waals surface area contributed by atoms with E-state index in [1.807, 2.05) is 13.8 Å². The Morgan fingerprint density at radius 1 is 1.44 bits per heavy atom.